The molecule has 0 saturated carbocycles. The average molecular weight is 340 g/mol. The molecule has 0 aliphatic carbocycles. The van der Waals surface area contributed by atoms with Crippen LogP contribution in [0.5, 0.6) is 5.75 Å². The van der Waals surface area contributed by atoms with Crippen LogP contribution in [0.3, 0.4) is 0 Å². The summed E-state index contributed by atoms with van der Waals surface area (Å²) in [5, 5.41) is 15.0. The first-order valence-electron chi connectivity index (χ1n) is 5.11. The van der Waals surface area contributed by atoms with Gasteiger partial charge in [0.1, 0.15) is 5.75 Å². The lowest BCUT2D eigenvalue weighted by atomic mass is 10.3. The number of hydrogen-bond acceptors (Lipinski definition) is 4. The lowest BCUT2D eigenvalue weighted by molar-refractivity contribution is -0.115. The van der Waals surface area contributed by atoms with Crippen LogP contribution in [0.4, 0.5) is 5.69 Å². The molecular formula is C11H16BrClN2O3. The minimum absolute atomic E-state index is 0. The molecule has 0 bridgehead atoms. The maximum atomic E-state index is 11.5. The quantitative estimate of drug-likeness (QED) is 0.545. The first-order chi connectivity index (χ1) is 8.13. The molecule has 0 heterocycles. The summed E-state index contributed by atoms with van der Waals surface area (Å²) in [4.78, 5) is 11.5. The van der Waals surface area contributed by atoms with E-state index in [9.17, 15) is 9.90 Å². The van der Waals surface area contributed by atoms with E-state index in [0.717, 1.165) is 4.47 Å². The Labute approximate surface area is 120 Å². The van der Waals surface area contributed by atoms with Crippen molar-refractivity contribution in [2.45, 2.75) is 0 Å². The van der Waals surface area contributed by atoms with E-state index in [1.54, 1.807) is 19.2 Å². The lowest BCUT2D eigenvalue weighted by Crippen LogP contribution is -2.30. The van der Waals surface area contributed by atoms with Crippen LogP contribution in [0.1, 0.15) is 0 Å². The first kappa shape index (κ1) is 17.2. The third-order valence-corrected chi connectivity index (χ3v) is 2.49. The van der Waals surface area contributed by atoms with Gasteiger partial charge in [0.25, 0.3) is 0 Å². The fourth-order valence-corrected chi connectivity index (χ4v) is 1.54. The number of ether oxygens (including phenoxy) is 1. The van der Waals surface area contributed by atoms with E-state index >= 15 is 0 Å². The summed E-state index contributed by atoms with van der Waals surface area (Å²) < 4.78 is 5.63. The molecule has 1 aromatic carbocycles. The fraction of sp³-hybridized carbons (Fsp3) is 0.364. The van der Waals surface area contributed by atoms with Gasteiger partial charge in [-0.15, -0.1) is 12.4 Å². The number of anilines is 1. The Hall–Kier alpha value is -0.820. The van der Waals surface area contributed by atoms with Gasteiger partial charge in [0.2, 0.25) is 5.91 Å². The number of nitrogens with one attached hydrogen (secondary N) is 2. The predicted octanol–water partition coefficient (Wildman–Crippen LogP) is 1.75. The monoisotopic (exact) mass is 338 g/mol. The van der Waals surface area contributed by atoms with E-state index in [2.05, 4.69) is 26.6 Å². The first-order valence-corrected chi connectivity index (χ1v) is 5.91. The largest absolute Gasteiger partial charge is 0.506 e. The highest BCUT2D eigenvalue weighted by Gasteiger charge is 2.06. The number of methoxy groups -OCH3 is 1. The van der Waals surface area contributed by atoms with E-state index in [-0.39, 0.29) is 30.6 Å². The van der Waals surface area contributed by atoms with E-state index < -0.39 is 0 Å². The Balaban J connectivity index is 0.00000289. The molecule has 0 saturated heterocycles. The Bertz CT molecular complexity index is 391. The van der Waals surface area contributed by atoms with Gasteiger partial charge in [-0.1, -0.05) is 15.9 Å². The molecule has 1 amide bonds. The van der Waals surface area contributed by atoms with Crippen LogP contribution in [-0.2, 0) is 9.53 Å². The maximum absolute atomic E-state index is 11.5. The average Bonchev–Trinajstić information content (AvgIpc) is 2.29. The second-order valence-corrected chi connectivity index (χ2v) is 4.29. The number of carbonyl (C=O) groups is 1. The molecule has 0 aromatic heterocycles. The Morgan fingerprint density at radius 1 is 1.50 bits per heavy atom. The second kappa shape index (κ2) is 9.16. The predicted molar refractivity (Wildman–Crippen MR) is 76.4 cm³/mol. The van der Waals surface area contributed by atoms with Crippen LogP contribution in [0, 0.1) is 0 Å². The third kappa shape index (κ3) is 6.20. The molecule has 0 radical (unpaired) electrons. The van der Waals surface area contributed by atoms with Crippen LogP contribution < -0.4 is 10.6 Å². The highest BCUT2D eigenvalue weighted by molar-refractivity contribution is 9.10. The zero-order valence-corrected chi connectivity index (χ0v) is 12.3. The molecule has 1 aromatic rings. The van der Waals surface area contributed by atoms with Gasteiger partial charge in [-0.05, 0) is 18.2 Å². The van der Waals surface area contributed by atoms with Crippen LogP contribution in [0.15, 0.2) is 22.7 Å². The molecule has 0 aliphatic rings. The molecule has 7 heteroatoms. The number of rotatable bonds is 6. The minimum atomic E-state index is -0.213. The second-order valence-electron chi connectivity index (χ2n) is 3.38. The molecular weight excluding hydrogens is 323 g/mol. The molecule has 5 nitrogen and oxygen atoms in total. The van der Waals surface area contributed by atoms with Crippen molar-refractivity contribution in [3.05, 3.63) is 22.7 Å². The molecule has 0 fully saturated rings. The van der Waals surface area contributed by atoms with E-state index in [0.29, 0.717) is 18.8 Å². The summed E-state index contributed by atoms with van der Waals surface area (Å²) in [7, 11) is 1.60. The zero-order valence-electron chi connectivity index (χ0n) is 9.90. The van der Waals surface area contributed by atoms with Crippen LogP contribution in [0.25, 0.3) is 0 Å². The third-order valence-electron chi connectivity index (χ3n) is 2.00. The van der Waals surface area contributed by atoms with Crippen LogP contribution >= 0.6 is 28.3 Å². The molecule has 0 unspecified atom stereocenters. The zero-order chi connectivity index (χ0) is 12.7. The van der Waals surface area contributed by atoms with Crippen molar-refractivity contribution >= 4 is 39.9 Å². The van der Waals surface area contributed by atoms with Crippen molar-refractivity contribution in [2.24, 2.45) is 0 Å². The SMILES string of the molecule is COCCNCC(=O)Nc1cc(Br)ccc1O.Cl. The van der Waals surface area contributed by atoms with Crippen molar-refractivity contribution in [3.8, 4) is 5.75 Å². The van der Waals surface area contributed by atoms with Crippen molar-refractivity contribution < 1.29 is 14.6 Å². The highest BCUT2D eigenvalue weighted by Crippen LogP contribution is 2.26. The molecule has 0 aliphatic heterocycles. The molecule has 3 N–H and O–H groups in total. The van der Waals surface area contributed by atoms with Gasteiger partial charge in [0.15, 0.2) is 0 Å². The molecule has 0 atom stereocenters. The molecule has 0 spiro atoms. The molecule has 1 rings (SSSR count). The minimum Gasteiger partial charge on any atom is -0.506 e. The number of phenolic OH excluding ortho intramolecular Hbond substituents is 1. The number of phenols is 1. The van der Waals surface area contributed by atoms with E-state index in [1.807, 2.05) is 0 Å². The summed E-state index contributed by atoms with van der Waals surface area (Å²) in [6, 6.07) is 4.85. The van der Waals surface area contributed by atoms with Gasteiger partial charge in [-0.3, -0.25) is 4.79 Å². The Kier molecular flexibility index (Phi) is 8.74. The summed E-state index contributed by atoms with van der Waals surface area (Å²) in [6.07, 6.45) is 0. The summed E-state index contributed by atoms with van der Waals surface area (Å²) in [6.45, 7) is 1.33. The Morgan fingerprint density at radius 3 is 2.89 bits per heavy atom. The van der Waals surface area contributed by atoms with Crippen LogP contribution in [0.2, 0.25) is 0 Å². The maximum Gasteiger partial charge on any atom is 0.238 e. The van der Waals surface area contributed by atoms with Crippen molar-refractivity contribution in [1.29, 1.82) is 0 Å². The van der Waals surface area contributed by atoms with E-state index in [1.165, 1.54) is 6.07 Å². The van der Waals surface area contributed by atoms with Gasteiger partial charge in [-0.25, -0.2) is 0 Å². The van der Waals surface area contributed by atoms with Gasteiger partial charge in [0, 0.05) is 18.1 Å². The summed E-state index contributed by atoms with van der Waals surface area (Å²) >= 11 is 3.26. The standard InChI is InChI=1S/C11H15BrN2O3.ClH/c1-17-5-4-13-7-11(16)14-9-6-8(12)2-3-10(9)15;/h2-3,6,13,15H,4-5,7H2,1H3,(H,14,16);1H. The topological polar surface area (TPSA) is 70.6 Å². The fourth-order valence-electron chi connectivity index (χ4n) is 1.18. The number of halogens is 2. The smallest absolute Gasteiger partial charge is 0.238 e. The van der Waals surface area contributed by atoms with Gasteiger partial charge in [-0.2, -0.15) is 0 Å². The molecule has 102 valence electrons. The number of hydrogen-bond donors (Lipinski definition) is 3. The molecule has 18 heavy (non-hydrogen) atoms. The normalized spacial score (nSPS) is 9.67. The van der Waals surface area contributed by atoms with Crippen molar-refractivity contribution in [1.82, 2.24) is 5.32 Å². The summed E-state index contributed by atoms with van der Waals surface area (Å²) in [5.41, 5.74) is 0.387. The van der Waals surface area contributed by atoms with E-state index in [4.69, 9.17) is 4.74 Å². The van der Waals surface area contributed by atoms with Crippen molar-refractivity contribution in [2.75, 3.05) is 32.1 Å². The Morgan fingerprint density at radius 2 is 2.22 bits per heavy atom. The van der Waals surface area contributed by atoms with Gasteiger partial charge in [0.05, 0.1) is 18.8 Å². The summed E-state index contributed by atoms with van der Waals surface area (Å²) in [5.74, 6) is -0.173. The van der Waals surface area contributed by atoms with Gasteiger partial charge < -0.3 is 20.5 Å². The van der Waals surface area contributed by atoms with Crippen LogP contribution in [-0.4, -0.2) is 37.8 Å². The number of aromatic hydroxyl groups is 1. The number of amides is 1. The number of benzene rings is 1. The van der Waals surface area contributed by atoms with Crippen molar-refractivity contribution in [3.63, 3.8) is 0 Å². The van der Waals surface area contributed by atoms with Gasteiger partial charge >= 0.3 is 0 Å². The number of carbonyl (C=O) groups excluding carboxylic acids is 1. The lowest BCUT2D eigenvalue weighted by Gasteiger charge is -2.08. The highest BCUT2D eigenvalue weighted by atomic mass is 79.9.